The molecule has 2 heterocycles. The molecule has 3 aromatic rings. The number of aryl methyl sites for hydroxylation is 1. The lowest BCUT2D eigenvalue weighted by molar-refractivity contribution is -0.385. The van der Waals surface area contributed by atoms with Gasteiger partial charge in [0.05, 0.1) is 16.3 Å². The number of pyridine rings is 1. The molecule has 0 spiro atoms. The van der Waals surface area contributed by atoms with Crippen LogP contribution in [0.5, 0.6) is 0 Å². The number of nitrogens with zero attached hydrogens (tertiary/aromatic N) is 3. The van der Waals surface area contributed by atoms with E-state index in [0.717, 1.165) is 16.9 Å². The number of imidazole rings is 1. The van der Waals surface area contributed by atoms with Crippen LogP contribution < -0.4 is 11.1 Å². The number of nitro benzene ring substituents is 1. The van der Waals surface area contributed by atoms with Crippen LogP contribution in [0.15, 0.2) is 42.7 Å². The third-order valence-corrected chi connectivity index (χ3v) is 3.89. The van der Waals surface area contributed by atoms with E-state index in [1.165, 1.54) is 18.2 Å². The zero-order chi connectivity index (χ0) is 18.0. The number of nitrogens with one attached hydrogen (secondary N) is 1. The molecule has 8 heteroatoms. The van der Waals surface area contributed by atoms with Gasteiger partial charge in [0.2, 0.25) is 0 Å². The van der Waals surface area contributed by atoms with Crippen molar-refractivity contribution < 1.29 is 9.72 Å². The zero-order valence-corrected chi connectivity index (χ0v) is 13.6. The number of fused-ring (bicyclic) bond motifs is 1. The normalized spacial score (nSPS) is 10.8. The van der Waals surface area contributed by atoms with Crippen molar-refractivity contribution in [2.75, 3.05) is 12.3 Å². The molecule has 0 bridgehead atoms. The molecule has 0 aliphatic heterocycles. The van der Waals surface area contributed by atoms with E-state index in [-0.39, 0.29) is 16.9 Å². The second kappa shape index (κ2) is 6.60. The van der Waals surface area contributed by atoms with Crippen molar-refractivity contribution in [2.24, 2.45) is 0 Å². The molecule has 0 aliphatic rings. The molecule has 0 saturated carbocycles. The minimum Gasteiger partial charge on any atom is -0.398 e. The van der Waals surface area contributed by atoms with Gasteiger partial charge in [-0.2, -0.15) is 0 Å². The van der Waals surface area contributed by atoms with Crippen LogP contribution in [0, 0.1) is 17.0 Å². The molecular formula is C17H17N5O3. The molecule has 3 N–H and O–H groups in total. The Kier molecular flexibility index (Phi) is 4.34. The summed E-state index contributed by atoms with van der Waals surface area (Å²) in [7, 11) is 0. The molecule has 0 unspecified atom stereocenters. The zero-order valence-electron chi connectivity index (χ0n) is 13.6. The molecule has 25 heavy (non-hydrogen) atoms. The van der Waals surface area contributed by atoms with E-state index in [9.17, 15) is 14.9 Å². The van der Waals surface area contributed by atoms with Gasteiger partial charge >= 0.3 is 0 Å². The first-order valence-electron chi connectivity index (χ1n) is 7.71. The maximum absolute atomic E-state index is 12.3. The highest BCUT2D eigenvalue weighted by Gasteiger charge is 2.22. The van der Waals surface area contributed by atoms with E-state index in [1.807, 2.05) is 35.9 Å². The first-order chi connectivity index (χ1) is 12.0. The number of rotatable bonds is 5. The fourth-order valence-corrected chi connectivity index (χ4v) is 2.67. The molecule has 128 valence electrons. The molecule has 0 radical (unpaired) electrons. The molecule has 1 aromatic carbocycles. The first-order valence-corrected chi connectivity index (χ1v) is 7.71. The summed E-state index contributed by atoms with van der Waals surface area (Å²) < 4.78 is 1.92. The smallest absolute Gasteiger partial charge is 0.284 e. The van der Waals surface area contributed by atoms with Gasteiger partial charge in [-0.3, -0.25) is 14.9 Å². The van der Waals surface area contributed by atoms with Gasteiger partial charge in [-0.1, -0.05) is 12.1 Å². The quantitative estimate of drug-likeness (QED) is 0.419. The van der Waals surface area contributed by atoms with E-state index >= 15 is 0 Å². The van der Waals surface area contributed by atoms with Gasteiger partial charge in [0.15, 0.2) is 0 Å². The summed E-state index contributed by atoms with van der Waals surface area (Å²) in [4.78, 5) is 27.3. The van der Waals surface area contributed by atoms with Crippen molar-refractivity contribution in [3.05, 3.63) is 69.7 Å². The molecule has 0 fully saturated rings. The van der Waals surface area contributed by atoms with E-state index < -0.39 is 10.8 Å². The summed E-state index contributed by atoms with van der Waals surface area (Å²) >= 11 is 0. The Balaban J connectivity index is 1.70. The van der Waals surface area contributed by atoms with Gasteiger partial charge in [0, 0.05) is 31.4 Å². The van der Waals surface area contributed by atoms with Crippen LogP contribution >= 0.6 is 0 Å². The Morgan fingerprint density at radius 2 is 2.16 bits per heavy atom. The van der Waals surface area contributed by atoms with Crippen molar-refractivity contribution >= 4 is 22.9 Å². The fraction of sp³-hybridized carbons (Fsp3) is 0.176. The average Bonchev–Trinajstić information content (AvgIpc) is 2.98. The number of aromatic nitrogens is 2. The summed E-state index contributed by atoms with van der Waals surface area (Å²) in [5.74, 6) is -0.565. The average molecular weight is 339 g/mol. The highest BCUT2D eigenvalue weighted by atomic mass is 16.6. The summed E-state index contributed by atoms with van der Waals surface area (Å²) in [6, 6.07) is 8.09. The highest BCUT2D eigenvalue weighted by molar-refractivity contribution is 6.03. The summed E-state index contributed by atoms with van der Waals surface area (Å²) in [6.45, 7) is 2.28. The Morgan fingerprint density at radius 1 is 1.36 bits per heavy atom. The van der Waals surface area contributed by atoms with Gasteiger partial charge in [-0.15, -0.1) is 0 Å². The number of amides is 1. The Bertz CT molecular complexity index is 964. The highest BCUT2D eigenvalue weighted by Crippen LogP contribution is 2.23. The topological polar surface area (TPSA) is 116 Å². The van der Waals surface area contributed by atoms with Crippen molar-refractivity contribution in [3.8, 4) is 0 Å². The minimum absolute atomic E-state index is 0.0788. The predicted octanol–water partition coefficient (Wildman–Crippen LogP) is 2.11. The number of nitrogen functional groups attached to an aromatic ring is 1. The van der Waals surface area contributed by atoms with Gasteiger partial charge < -0.3 is 15.5 Å². The van der Waals surface area contributed by atoms with Crippen molar-refractivity contribution in [2.45, 2.75) is 13.3 Å². The van der Waals surface area contributed by atoms with Crippen LogP contribution in [-0.2, 0) is 6.42 Å². The van der Waals surface area contributed by atoms with E-state index in [2.05, 4.69) is 10.3 Å². The number of hydrogen-bond acceptors (Lipinski definition) is 5. The number of carbonyl (C=O) groups excluding carboxylic acids is 1. The van der Waals surface area contributed by atoms with E-state index in [4.69, 9.17) is 5.73 Å². The standard InChI is InChI=1S/C17H17N5O3/c1-11-4-3-9-21-10-12(20-16(11)21)7-8-19-17(23)15-13(18)5-2-6-14(15)22(24)25/h2-6,9-10H,7-8,18H2,1H3,(H,19,23). The first kappa shape index (κ1) is 16.4. The predicted molar refractivity (Wildman–Crippen MR) is 93.5 cm³/mol. The van der Waals surface area contributed by atoms with Crippen LogP contribution in [0.3, 0.4) is 0 Å². The third-order valence-electron chi connectivity index (χ3n) is 3.89. The van der Waals surface area contributed by atoms with Crippen LogP contribution in [0.4, 0.5) is 11.4 Å². The van der Waals surface area contributed by atoms with E-state index in [1.54, 1.807) is 0 Å². The van der Waals surface area contributed by atoms with Crippen molar-refractivity contribution in [3.63, 3.8) is 0 Å². The molecule has 8 nitrogen and oxygen atoms in total. The lowest BCUT2D eigenvalue weighted by Gasteiger charge is -2.07. The minimum atomic E-state index is -0.615. The summed E-state index contributed by atoms with van der Waals surface area (Å²) in [5.41, 5.74) is 8.14. The van der Waals surface area contributed by atoms with Crippen LogP contribution in [0.25, 0.3) is 5.65 Å². The number of anilines is 1. The Morgan fingerprint density at radius 3 is 2.88 bits per heavy atom. The Hall–Kier alpha value is -3.42. The van der Waals surface area contributed by atoms with Crippen LogP contribution in [0.1, 0.15) is 21.6 Å². The summed E-state index contributed by atoms with van der Waals surface area (Å²) in [6.07, 6.45) is 4.31. The van der Waals surface area contributed by atoms with E-state index in [0.29, 0.717) is 13.0 Å². The molecule has 0 aliphatic carbocycles. The molecule has 3 rings (SSSR count). The molecule has 1 amide bonds. The maximum atomic E-state index is 12.3. The number of nitrogens with two attached hydrogens (primary N) is 1. The second-order valence-corrected chi connectivity index (χ2v) is 5.66. The number of hydrogen-bond donors (Lipinski definition) is 2. The lowest BCUT2D eigenvalue weighted by Crippen LogP contribution is -2.27. The molecule has 0 saturated heterocycles. The largest absolute Gasteiger partial charge is 0.398 e. The van der Waals surface area contributed by atoms with Crippen molar-refractivity contribution in [1.82, 2.24) is 14.7 Å². The Labute approximate surface area is 143 Å². The van der Waals surface area contributed by atoms with Gasteiger partial charge in [-0.05, 0) is 24.6 Å². The van der Waals surface area contributed by atoms with Crippen molar-refractivity contribution in [1.29, 1.82) is 0 Å². The third kappa shape index (κ3) is 3.27. The van der Waals surface area contributed by atoms with Crippen LogP contribution in [0.2, 0.25) is 0 Å². The number of nitro groups is 1. The maximum Gasteiger partial charge on any atom is 0.284 e. The SMILES string of the molecule is Cc1cccn2cc(CCNC(=O)c3c(N)cccc3[N+](=O)[O-])nc12. The van der Waals surface area contributed by atoms with Gasteiger partial charge in [0.1, 0.15) is 11.2 Å². The van der Waals surface area contributed by atoms with Gasteiger partial charge in [0.25, 0.3) is 11.6 Å². The van der Waals surface area contributed by atoms with Crippen LogP contribution in [-0.4, -0.2) is 26.8 Å². The van der Waals surface area contributed by atoms with Gasteiger partial charge in [-0.25, -0.2) is 4.98 Å². The molecule has 2 aromatic heterocycles. The number of carbonyl (C=O) groups is 1. The summed E-state index contributed by atoms with van der Waals surface area (Å²) in [5, 5.41) is 13.7. The second-order valence-electron chi connectivity index (χ2n) is 5.66. The fourth-order valence-electron chi connectivity index (χ4n) is 2.67. The monoisotopic (exact) mass is 339 g/mol. The molecule has 0 atom stereocenters. The number of benzene rings is 1. The molecular weight excluding hydrogens is 322 g/mol. The lowest BCUT2D eigenvalue weighted by atomic mass is 10.1.